The molecule has 1 aromatic heterocycles. The van der Waals surface area contributed by atoms with E-state index in [4.69, 9.17) is 0 Å². The molecule has 0 saturated heterocycles. The smallest absolute Gasteiger partial charge is 0.152 e. The highest BCUT2D eigenvalue weighted by molar-refractivity contribution is 5.72. The maximum atomic E-state index is 13.9. The van der Waals surface area contributed by atoms with Crippen molar-refractivity contribution in [2.75, 3.05) is 12.4 Å². The summed E-state index contributed by atoms with van der Waals surface area (Å²) in [4.78, 5) is 7.96. The average Bonchev–Trinajstić information content (AvgIpc) is 2.35. The highest BCUT2D eigenvalue weighted by Crippen LogP contribution is 2.30. The van der Waals surface area contributed by atoms with Gasteiger partial charge in [-0.1, -0.05) is 6.07 Å². The first-order valence-corrected chi connectivity index (χ1v) is 5.09. The Morgan fingerprint density at radius 1 is 1.12 bits per heavy atom. The molecule has 3 nitrogen and oxygen atoms in total. The number of halogens is 2. The van der Waals surface area contributed by atoms with Crippen LogP contribution in [-0.2, 0) is 0 Å². The van der Waals surface area contributed by atoms with Crippen molar-refractivity contribution in [2.24, 2.45) is 0 Å². The summed E-state index contributed by atoms with van der Waals surface area (Å²) < 4.78 is 27.6. The van der Waals surface area contributed by atoms with Gasteiger partial charge in [0.25, 0.3) is 0 Å². The van der Waals surface area contributed by atoms with Crippen LogP contribution in [0.5, 0.6) is 0 Å². The zero-order valence-corrected chi connectivity index (χ0v) is 9.46. The Morgan fingerprint density at radius 3 is 2.53 bits per heavy atom. The van der Waals surface area contributed by atoms with E-state index >= 15 is 0 Å². The van der Waals surface area contributed by atoms with Crippen molar-refractivity contribution in [2.45, 2.75) is 6.92 Å². The molecule has 0 atom stereocenters. The number of aromatic nitrogens is 2. The molecule has 0 aliphatic rings. The summed E-state index contributed by atoms with van der Waals surface area (Å²) in [6.45, 7) is 1.58. The topological polar surface area (TPSA) is 37.8 Å². The van der Waals surface area contributed by atoms with Crippen LogP contribution in [0.1, 0.15) is 5.56 Å². The summed E-state index contributed by atoms with van der Waals surface area (Å²) in [6, 6.07) is 2.62. The second kappa shape index (κ2) is 4.45. The van der Waals surface area contributed by atoms with Gasteiger partial charge in [0.05, 0.1) is 5.56 Å². The van der Waals surface area contributed by atoms with Crippen LogP contribution in [0, 0.1) is 18.6 Å². The Balaban J connectivity index is 2.72. The molecule has 5 heteroatoms. The second-order valence-electron chi connectivity index (χ2n) is 3.56. The predicted octanol–water partition coefficient (Wildman–Crippen LogP) is 2.77. The number of hydrogen-bond acceptors (Lipinski definition) is 3. The largest absolute Gasteiger partial charge is 0.371 e. The number of nitrogens with one attached hydrogen (secondary N) is 1. The lowest BCUT2D eigenvalue weighted by Gasteiger charge is -2.09. The molecule has 1 heterocycles. The van der Waals surface area contributed by atoms with Gasteiger partial charge in [-0.05, 0) is 18.6 Å². The zero-order chi connectivity index (χ0) is 12.4. The van der Waals surface area contributed by atoms with E-state index in [0.29, 0.717) is 11.4 Å². The molecule has 0 unspecified atom stereocenters. The van der Waals surface area contributed by atoms with Crippen molar-refractivity contribution in [3.63, 3.8) is 0 Å². The molecule has 0 aliphatic heterocycles. The van der Waals surface area contributed by atoms with E-state index < -0.39 is 11.6 Å². The molecule has 1 aromatic carbocycles. The highest BCUT2D eigenvalue weighted by atomic mass is 19.1. The molecule has 17 heavy (non-hydrogen) atoms. The number of rotatable bonds is 2. The summed E-state index contributed by atoms with van der Waals surface area (Å²) >= 11 is 0. The van der Waals surface area contributed by atoms with Gasteiger partial charge in [0.15, 0.2) is 5.82 Å². The van der Waals surface area contributed by atoms with Crippen LogP contribution in [0.25, 0.3) is 11.3 Å². The molecule has 0 aliphatic carbocycles. The Labute approximate surface area is 97.5 Å². The van der Waals surface area contributed by atoms with E-state index in [0.717, 1.165) is 0 Å². The van der Waals surface area contributed by atoms with Gasteiger partial charge in [-0.15, -0.1) is 0 Å². The van der Waals surface area contributed by atoms with Gasteiger partial charge in [0.1, 0.15) is 17.3 Å². The maximum absolute atomic E-state index is 13.9. The zero-order valence-electron chi connectivity index (χ0n) is 9.46. The third-order valence-electron chi connectivity index (χ3n) is 2.46. The Hall–Kier alpha value is -2.04. The average molecular weight is 235 g/mol. The standard InChI is InChI=1S/C12H11F2N3/c1-7-3-4-8(13)9(10(7)14)11-12(15-2)17-6-5-16-11/h3-6H,1-2H3,(H,15,17). The monoisotopic (exact) mass is 235 g/mol. The Morgan fingerprint density at radius 2 is 1.82 bits per heavy atom. The van der Waals surface area contributed by atoms with E-state index in [1.54, 1.807) is 14.0 Å². The van der Waals surface area contributed by atoms with E-state index in [1.165, 1.54) is 24.5 Å². The fourth-order valence-corrected chi connectivity index (χ4v) is 1.58. The van der Waals surface area contributed by atoms with Gasteiger partial charge in [-0.3, -0.25) is 4.98 Å². The maximum Gasteiger partial charge on any atom is 0.152 e. The lowest BCUT2D eigenvalue weighted by Crippen LogP contribution is -2.01. The molecule has 2 rings (SSSR count). The Bertz CT molecular complexity index is 555. The first-order valence-electron chi connectivity index (χ1n) is 5.09. The van der Waals surface area contributed by atoms with Gasteiger partial charge in [0, 0.05) is 19.4 Å². The van der Waals surface area contributed by atoms with Crippen molar-refractivity contribution in [3.05, 3.63) is 41.7 Å². The van der Waals surface area contributed by atoms with Crippen molar-refractivity contribution in [1.82, 2.24) is 9.97 Å². The molecule has 2 aromatic rings. The van der Waals surface area contributed by atoms with Crippen LogP contribution in [0.2, 0.25) is 0 Å². The fraction of sp³-hybridized carbons (Fsp3) is 0.167. The highest BCUT2D eigenvalue weighted by Gasteiger charge is 2.18. The minimum absolute atomic E-state index is 0.151. The van der Waals surface area contributed by atoms with Crippen molar-refractivity contribution < 1.29 is 8.78 Å². The summed E-state index contributed by atoms with van der Waals surface area (Å²) in [5.74, 6) is -0.914. The molecule has 0 amide bonds. The summed E-state index contributed by atoms with van der Waals surface area (Å²) in [5.41, 5.74) is 0.394. The van der Waals surface area contributed by atoms with Crippen LogP contribution in [0.4, 0.5) is 14.6 Å². The van der Waals surface area contributed by atoms with Crippen molar-refractivity contribution in [3.8, 4) is 11.3 Å². The normalized spacial score (nSPS) is 10.4. The number of anilines is 1. The minimum atomic E-state index is -0.648. The lowest BCUT2D eigenvalue weighted by atomic mass is 10.1. The number of nitrogens with zero attached hydrogens (tertiary/aromatic N) is 2. The number of hydrogen-bond donors (Lipinski definition) is 1. The van der Waals surface area contributed by atoms with E-state index in [2.05, 4.69) is 15.3 Å². The fourth-order valence-electron chi connectivity index (χ4n) is 1.58. The summed E-state index contributed by atoms with van der Waals surface area (Å²) in [6.07, 6.45) is 2.86. The minimum Gasteiger partial charge on any atom is -0.371 e. The summed E-state index contributed by atoms with van der Waals surface area (Å²) in [7, 11) is 1.62. The summed E-state index contributed by atoms with van der Waals surface area (Å²) in [5, 5.41) is 2.76. The Kier molecular flexibility index (Phi) is 2.99. The molecule has 88 valence electrons. The van der Waals surface area contributed by atoms with Gasteiger partial charge in [-0.25, -0.2) is 13.8 Å². The van der Waals surface area contributed by atoms with Crippen molar-refractivity contribution >= 4 is 5.82 Å². The van der Waals surface area contributed by atoms with Crippen LogP contribution in [0.3, 0.4) is 0 Å². The molecule has 0 radical (unpaired) electrons. The number of aryl methyl sites for hydroxylation is 1. The predicted molar refractivity (Wildman–Crippen MR) is 61.7 cm³/mol. The molecular weight excluding hydrogens is 224 g/mol. The van der Waals surface area contributed by atoms with Crippen LogP contribution < -0.4 is 5.32 Å². The third kappa shape index (κ3) is 1.95. The van der Waals surface area contributed by atoms with Crippen molar-refractivity contribution in [1.29, 1.82) is 0 Å². The molecule has 0 bridgehead atoms. The molecule has 0 saturated carbocycles. The SMILES string of the molecule is CNc1nccnc1-c1c(F)ccc(C)c1F. The van der Waals surface area contributed by atoms with Crippen LogP contribution >= 0.6 is 0 Å². The first-order chi connectivity index (χ1) is 8.15. The quantitative estimate of drug-likeness (QED) is 0.869. The van der Waals surface area contributed by atoms with Gasteiger partial charge < -0.3 is 5.32 Å². The first kappa shape index (κ1) is 11.4. The molecular formula is C12H11F2N3. The van der Waals surface area contributed by atoms with Crippen LogP contribution in [0.15, 0.2) is 24.5 Å². The van der Waals surface area contributed by atoms with E-state index in [1.807, 2.05) is 0 Å². The van der Waals surface area contributed by atoms with Gasteiger partial charge >= 0.3 is 0 Å². The third-order valence-corrected chi connectivity index (χ3v) is 2.46. The lowest BCUT2D eigenvalue weighted by molar-refractivity contribution is 0.582. The molecule has 0 fully saturated rings. The van der Waals surface area contributed by atoms with Gasteiger partial charge in [-0.2, -0.15) is 0 Å². The van der Waals surface area contributed by atoms with E-state index in [9.17, 15) is 8.78 Å². The van der Waals surface area contributed by atoms with Gasteiger partial charge in [0.2, 0.25) is 0 Å². The number of benzene rings is 1. The molecule has 1 N–H and O–H groups in total. The van der Waals surface area contributed by atoms with E-state index in [-0.39, 0.29) is 11.3 Å². The van der Waals surface area contributed by atoms with Crippen LogP contribution in [-0.4, -0.2) is 17.0 Å². The second-order valence-corrected chi connectivity index (χ2v) is 3.56. The molecule has 0 spiro atoms.